The second kappa shape index (κ2) is 6.69. The lowest BCUT2D eigenvalue weighted by molar-refractivity contribution is 0.357. The van der Waals surface area contributed by atoms with Gasteiger partial charge in [0.15, 0.2) is 5.76 Å². The lowest BCUT2D eigenvalue weighted by Crippen LogP contribution is -2.39. The molecule has 2 N–H and O–H groups in total. The zero-order chi connectivity index (χ0) is 20.1. The number of para-hydroxylation sites is 1. The predicted octanol–water partition coefficient (Wildman–Crippen LogP) is 3.80. The van der Waals surface area contributed by atoms with Gasteiger partial charge in [-0.05, 0) is 36.8 Å². The minimum absolute atomic E-state index is 0.0388. The van der Waals surface area contributed by atoms with Gasteiger partial charge in [0.05, 0.1) is 11.6 Å². The van der Waals surface area contributed by atoms with Crippen molar-refractivity contribution in [3.8, 4) is 6.07 Å². The summed E-state index contributed by atoms with van der Waals surface area (Å²) in [5.74, 6) is -0.749. The van der Waals surface area contributed by atoms with Gasteiger partial charge in [-0.15, -0.1) is 0 Å². The number of benzene rings is 2. The molecule has 2 aromatic rings. The minimum Gasteiger partial charge on any atom is -0.439 e. The lowest BCUT2D eigenvalue weighted by atomic mass is 9.88. The molecule has 8 heteroatoms. The number of hydrogen-bond donors (Lipinski definition) is 1. The van der Waals surface area contributed by atoms with E-state index in [1.807, 2.05) is 18.2 Å². The van der Waals surface area contributed by atoms with E-state index in [4.69, 9.17) is 10.5 Å². The Labute approximate surface area is 171 Å². The van der Waals surface area contributed by atoms with Crippen molar-refractivity contribution in [1.29, 1.82) is 5.26 Å². The summed E-state index contributed by atoms with van der Waals surface area (Å²) in [5.41, 5.74) is 7.94. The molecule has 0 unspecified atom stereocenters. The van der Waals surface area contributed by atoms with Crippen LogP contribution in [0.15, 0.2) is 69.4 Å². The number of nitrogens with zero attached hydrogens (tertiary/aromatic N) is 2. The maximum Gasteiger partial charge on any atom is 0.265 e. The highest BCUT2D eigenvalue weighted by Crippen LogP contribution is 2.50. The van der Waals surface area contributed by atoms with Crippen LogP contribution in [0.4, 0.5) is 5.69 Å². The third-order valence-electron chi connectivity index (χ3n) is 4.83. The smallest absolute Gasteiger partial charge is 0.265 e. The van der Waals surface area contributed by atoms with Crippen molar-refractivity contribution in [2.24, 2.45) is 5.73 Å². The van der Waals surface area contributed by atoms with E-state index in [-0.39, 0.29) is 28.7 Å². The molecular weight excluding hydrogens is 442 g/mol. The van der Waals surface area contributed by atoms with E-state index in [0.717, 1.165) is 4.47 Å². The average molecular weight is 458 g/mol. The zero-order valence-corrected chi connectivity index (χ0v) is 17.3. The van der Waals surface area contributed by atoms with Crippen LogP contribution < -0.4 is 10.0 Å². The minimum atomic E-state index is -3.93. The molecule has 142 valence electrons. The first-order valence-electron chi connectivity index (χ1n) is 8.59. The van der Waals surface area contributed by atoms with Crippen LogP contribution in [0.1, 0.15) is 24.0 Å². The SMILES string of the molecule is CCN1c2ccccc2C2=C([C@@H](c3cccc(Br)c3)C(C#N)=C(N)O2)S1(=O)=O. The molecule has 2 aliphatic heterocycles. The van der Waals surface area contributed by atoms with Crippen molar-refractivity contribution in [2.45, 2.75) is 12.8 Å². The Hall–Kier alpha value is -2.76. The summed E-state index contributed by atoms with van der Waals surface area (Å²) in [6, 6.07) is 16.4. The molecule has 2 aromatic carbocycles. The van der Waals surface area contributed by atoms with Crippen LogP contribution >= 0.6 is 15.9 Å². The van der Waals surface area contributed by atoms with Crippen LogP contribution in [0.25, 0.3) is 5.76 Å². The van der Waals surface area contributed by atoms with Crippen LogP contribution in [0.3, 0.4) is 0 Å². The molecule has 0 bridgehead atoms. The third kappa shape index (κ3) is 2.62. The van der Waals surface area contributed by atoms with E-state index in [2.05, 4.69) is 15.9 Å². The molecule has 6 nitrogen and oxygen atoms in total. The molecule has 2 aliphatic rings. The second-order valence-electron chi connectivity index (χ2n) is 6.36. The molecule has 2 heterocycles. The van der Waals surface area contributed by atoms with Crippen LogP contribution in [0.2, 0.25) is 0 Å². The Morgan fingerprint density at radius 2 is 2.00 bits per heavy atom. The molecule has 4 rings (SSSR count). The molecule has 1 atom stereocenters. The molecule has 0 aliphatic carbocycles. The molecule has 0 aromatic heterocycles. The van der Waals surface area contributed by atoms with E-state index in [0.29, 0.717) is 16.8 Å². The topological polar surface area (TPSA) is 96.4 Å². The number of fused-ring (bicyclic) bond motifs is 2. The highest BCUT2D eigenvalue weighted by atomic mass is 79.9. The van der Waals surface area contributed by atoms with Gasteiger partial charge >= 0.3 is 0 Å². The van der Waals surface area contributed by atoms with Crippen molar-refractivity contribution in [2.75, 3.05) is 10.8 Å². The average Bonchev–Trinajstić information content (AvgIpc) is 2.67. The first-order chi connectivity index (χ1) is 13.4. The fourth-order valence-electron chi connectivity index (χ4n) is 3.67. The van der Waals surface area contributed by atoms with Crippen LogP contribution in [0, 0.1) is 11.3 Å². The highest BCUT2D eigenvalue weighted by molar-refractivity contribution is 9.10. The maximum absolute atomic E-state index is 13.6. The van der Waals surface area contributed by atoms with Crippen LogP contribution in [-0.2, 0) is 14.8 Å². The quantitative estimate of drug-likeness (QED) is 0.739. The largest absolute Gasteiger partial charge is 0.439 e. The van der Waals surface area contributed by atoms with Crippen molar-refractivity contribution >= 4 is 37.4 Å². The van der Waals surface area contributed by atoms with Gasteiger partial charge < -0.3 is 10.5 Å². The Kier molecular flexibility index (Phi) is 4.44. The summed E-state index contributed by atoms with van der Waals surface area (Å²) in [7, 11) is -3.93. The monoisotopic (exact) mass is 457 g/mol. The fourth-order valence-corrected chi connectivity index (χ4v) is 6.02. The molecular formula is C20H16BrN3O3S. The number of hydrogen-bond acceptors (Lipinski definition) is 5. The number of halogens is 1. The van der Waals surface area contributed by atoms with Crippen LogP contribution in [-0.4, -0.2) is 15.0 Å². The fraction of sp³-hybridized carbons (Fsp3) is 0.150. The predicted molar refractivity (Wildman–Crippen MR) is 110 cm³/mol. The van der Waals surface area contributed by atoms with Gasteiger partial charge in [-0.2, -0.15) is 5.26 Å². The van der Waals surface area contributed by atoms with Gasteiger partial charge in [0, 0.05) is 16.6 Å². The number of nitriles is 1. The number of ether oxygens (including phenoxy) is 1. The highest BCUT2D eigenvalue weighted by Gasteiger charge is 2.46. The second-order valence-corrected chi connectivity index (χ2v) is 9.11. The normalized spacial score (nSPS) is 20.2. The van der Waals surface area contributed by atoms with Crippen molar-refractivity contribution in [1.82, 2.24) is 0 Å². The first kappa shape index (κ1) is 18.6. The zero-order valence-electron chi connectivity index (χ0n) is 14.9. The Bertz CT molecular complexity index is 1200. The first-order valence-corrected chi connectivity index (χ1v) is 10.8. The summed E-state index contributed by atoms with van der Waals surface area (Å²) in [5, 5.41) is 9.73. The van der Waals surface area contributed by atoms with Gasteiger partial charge in [0.2, 0.25) is 5.88 Å². The summed E-state index contributed by atoms with van der Waals surface area (Å²) in [4.78, 5) is 0.0388. The van der Waals surface area contributed by atoms with E-state index >= 15 is 0 Å². The van der Waals surface area contributed by atoms with Gasteiger partial charge in [0.1, 0.15) is 16.5 Å². The third-order valence-corrected chi connectivity index (χ3v) is 7.33. The summed E-state index contributed by atoms with van der Waals surface area (Å²) < 4.78 is 35.0. The Balaban J connectivity index is 2.09. The molecule has 0 saturated carbocycles. The van der Waals surface area contributed by atoms with Gasteiger partial charge in [-0.3, -0.25) is 4.31 Å². The van der Waals surface area contributed by atoms with Gasteiger partial charge in [0.25, 0.3) is 10.0 Å². The molecule has 0 spiro atoms. The van der Waals surface area contributed by atoms with E-state index in [1.54, 1.807) is 43.3 Å². The number of nitrogens with two attached hydrogens (primary N) is 1. The lowest BCUT2D eigenvalue weighted by Gasteiger charge is -2.37. The summed E-state index contributed by atoms with van der Waals surface area (Å²) >= 11 is 3.42. The molecule has 0 fully saturated rings. The number of sulfonamides is 1. The number of anilines is 1. The van der Waals surface area contributed by atoms with Crippen molar-refractivity contribution in [3.63, 3.8) is 0 Å². The molecule has 0 radical (unpaired) electrons. The number of rotatable bonds is 2. The van der Waals surface area contributed by atoms with Crippen molar-refractivity contribution < 1.29 is 13.2 Å². The molecule has 28 heavy (non-hydrogen) atoms. The van der Waals surface area contributed by atoms with Gasteiger partial charge in [-0.1, -0.05) is 40.2 Å². The van der Waals surface area contributed by atoms with Gasteiger partial charge in [-0.25, -0.2) is 8.42 Å². The maximum atomic E-state index is 13.6. The number of allylic oxidation sites excluding steroid dienone is 2. The van der Waals surface area contributed by atoms with Crippen molar-refractivity contribution in [3.05, 3.63) is 80.5 Å². The molecule has 0 amide bonds. The molecule has 0 saturated heterocycles. The Morgan fingerprint density at radius 1 is 1.25 bits per heavy atom. The standard InChI is InChI=1S/C20H16BrN3O3S/c1-2-24-16-9-4-3-8-14(16)18-19(28(24,25)26)17(15(11-22)20(23)27-18)12-6-5-7-13(21)10-12/h3-10,17H,2,23H2,1H3/t17-/m0/s1. The van der Waals surface area contributed by atoms with Crippen LogP contribution in [0.5, 0.6) is 0 Å². The summed E-state index contributed by atoms with van der Waals surface area (Å²) in [6.07, 6.45) is 0. The van der Waals surface area contributed by atoms with E-state index in [1.165, 1.54) is 4.31 Å². The summed E-state index contributed by atoms with van der Waals surface area (Å²) in [6.45, 7) is 2.02. The Morgan fingerprint density at radius 3 is 2.68 bits per heavy atom. The van der Waals surface area contributed by atoms with E-state index in [9.17, 15) is 13.7 Å². The van der Waals surface area contributed by atoms with E-state index < -0.39 is 15.9 Å².